The lowest BCUT2D eigenvalue weighted by atomic mass is 9.86. The summed E-state index contributed by atoms with van der Waals surface area (Å²) in [7, 11) is 0. The highest BCUT2D eigenvalue weighted by molar-refractivity contribution is 5.93. The molecule has 0 radical (unpaired) electrons. The number of benzene rings is 2. The third-order valence-electron chi connectivity index (χ3n) is 4.59. The number of nitrogens with zero attached hydrogens (tertiary/aromatic N) is 1. The van der Waals surface area contributed by atoms with E-state index in [1.807, 2.05) is 31.2 Å². The zero-order chi connectivity index (χ0) is 21.6. The number of hydrogen-bond acceptors (Lipinski definition) is 5. The van der Waals surface area contributed by atoms with Crippen LogP contribution in [0.25, 0.3) is 0 Å². The number of rotatable bonds is 7. The highest BCUT2D eigenvalue weighted by Crippen LogP contribution is 2.25. The number of esters is 1. The second-order valence-electron chi connectivity index (χ2n) is 7.43. The lowest BCUT2D eigenvalue weighted by molar-refractivity contribution is -0.152. The average Bonchev–Trinajstić information content (AvgIpc) is 2.74. The quantitative estimate of drug-likeness (QED) is 0.581. The SMILES string of the molecule is Cc1cccc(Oc2ccc(NC(=O)COC(=O)C(C)(C)c3cccnc3)cc2)c1. The summed E-state index contributed by atoms with van der Waals surface area (Å²) >= 11 is 0. The van der Waals surface area contributed by atoms with Gasteiger partial charge in [0.1, 0.15) is 11.5 Å². The van der Waals surface area contributed by atoms with Crippen LogP contribution in [0.2, 0.25) is 0 Å². The summed E-state index contributed by atoms with van der Waals surface area (Å²) in [6.07, 6.45) is 3.25. The van der Waals surface area contributed by atoms with E-state index in [2.05, 4.69) is 10.3 Å². The van der Waals surface area contributed by atoms with Gasteiger partial charge in [0.05, 0.1) is 5.41 Å². The van der Waals surface area contributed by atoms with Crippen LogP contribution in [0, 0.1) is 6.92 Å². The number of carbonyl (C=O) groups excluding carboxylic acids is 2. The molecule has 0 spiro atoms. The largest absolute Gasteiger partial charge is 0.457 e. The third-order valence-corrected chi connectivity index (χ3v) is 4.59. The molecule has 0 bridgehead atoms. The Hall–Kier alpha value is -3.67. The maximum absolute atomic E-state index is 12.4. The molecule has 1 N–H and O–H groups in total. The summed E-state index contributed by atoms with van der Waals surface area (Å²) in [5, 5.41) is 2.70. The van der Waals surface area contributed by atoms with Gasteiger partial charge in [-0.2, -0.15) is 0 Å². The number of aryl methyl sites for hydroxylation is 1. The van der Waals surface area contributed by atoms with Crippen molar-refractivity contribution in [1.82, 2.24) is 4.98 Å². The number of pyridine rings is 1. The molecule has 0 atom stereocenters. The fraction of sp³-hybridized carbons (Fsp3) is 0.208. The number of amides is 1. The predicted molar refractivity (Wildman–Crippen MR) is 115 cm³/mol. The lowest BCUT2D eigenvalue weighted by Crippen LogP contribution is -2.33. The molecule has 0 fully saturated rings. The summed E-state index contributed by atoms with van der Waals surface area (Å²) in [4.78, 5) is 28.6. The van der Waals surface area contributed by atoms with E-state index in [-0.39, 0.29) is 6.61 Å². The van der Waals surface area contributed by atoms with Crippen LogP contribution in [0.5, 0.6) is 11.5 Å². The maximum atomic E-state index is 12.4. The monoisotopic (exact) mass is 404 g/mol. The fourth-order valence-corrected chi connectivity index (χ4v) is 2.78. The Kier molecular flexibility index (Phi) is 6.47. The molecule has 0 saturated heterocycles. The molecule has 1 heterocycles. The first kappa shape index (κ1) is 21.0. The smallest absolute Gasteiger partial charge is 0.316 e. The van der Waals surface area contributed by atoms with Crippen LogP contribution >= 0.6 is 0 Å². The van der Waals surface area contributed by atoms with Crippen LogP contribution in [0.4, 0.5) is 5.69 Å². The fourth-order valence-electron chi connectivity index (χ4n) is 2.78. The molecule has 0 aliphatic carbocycles. The Morgan fingerprint density at radius 2 is 1.77 bits per heavy atom. The standard InChI is InChI=1S/C24H24N2O4/c1-17-6-4-8-21(14-17)30-20-11-9-19(10-12-20)26-22(27)16-29-23(28)24(2,3)18-7-5-13-25-15-18/h4-15H,16H2,1-3H3,(H,26,27). The van der Waals surface area contributed by atoms with Crippen LogP contribution < -0.4 is 10.1 Å². The van der Waals surface area contributed by atoms with Crippen molar-refractivity contribution in [2.45, 2.75) is 26.2 Å². The first-order chi connectivity index (χ1) is 14.3. The maximum Gasteiger partial charge on any atom is 0.316 e. The second kappa shape index (κ2) is 9.22. The summed E-state index contributed by atoms with van der Waals surface area (Å²) in [5.74, 6) is 0.489. The zero-order valence-corrected chi connectivity index (χ0v) is 17.2. The molecule has 0 aliphatic heterocycles. The molecular formula is C24H24N2O4. The minimum absolute atomic E-state index is 0.371. The van der Waals surface area contributed by atoms with Gasteiger partial charge in [0, 0.05) is 18.1 Å². The molecule has 2 aromatic carbocycles. The van der Waals surface area contributed by atoms with Crippen molar-refractivity contribution in [2.75, 3.05) is 11.9 Å². The first-order valence-electron chi connectivity index (χ1n) is 9.57. The molecule has 6 heteroatoms. The van der Waals surface area contributed by atoms with E-state index in [4.69, 9.17) is 9.47 Å². The summed E-state index contributed by atoms with van der Waals surface area (Å²) in [6, 6.07) is 18.3. The minimum Gasteiger partial charge on any atom is -0.457 e. The predicted octanol–water partition coefficient (Wildman–Crippen LogP) is 4.64. The van der Waals surface area contributed by atoms with Gasteiger partial charge in [-0.15, -0.1) is 0 Å². The number of hydrogen-bond donors (Lipinski definition) is 1. The van der Waals surface area contributed by atoms with E-state index in [9.17, 15) is 9.59 Å². The molecule has 154 valence electrons. The van der Waals surface area contributed by atoms with Gasteiger partial charge in [-0.25, -0.2) is 0 Å². The van der Waals surface area contributed by atoms with Crippen molar-refractivity contribution < 1.29 is 19.1 Å². The van der Waals surface area contributed by atoms with E-state index in [1.165, 1.54) is 0 Å². The Morgan fingerprint density at radius 3 is 2.43 bits per heavy atom. The molecular weight excluding hydrogens is 380 g/mol. The summed E-state index contributed by atoms with van der Waals surface area (Å²) in [6.45, 7) is 5.09. The zero-order valence-electron chi connectivity index (χ0n) is 17.2. The summed E-state index contributed by atoms with van der Waals surface area (Å²) in [5.41, 5.74) is 1.51. The van der Waals surface area contributed by atoms with Crippen molar-refractivity contribution in [3.8, 4) is 11.5 Å². The van der Waals surface area contributed by atoms with E-state index in [0.717, 1.165) is 16.9 Å². The number of carbonyl (C=O) groups is 2. The third kappa shape index (κ3) is 5.44. The molecule has 3 aromatic rings. The van der Waals surface area contributed by atoms with Crippen molar-refractivity contribution in [3.63, 3.8) is 0 Å². The van der Waals surface area contributed by atoms with Gasteiger partial charge in [0.15, 0.2) is 6.61 Å². The van der Waals surface area contributed by atoms with Crippen LogP contribution in [0.1, 0.15) is 25.0 Å². The number of nitrogens with one attached hydrogen (secondary N) is 1. The van der Waals surface area contributed by atoms with E-state index < -0.39 is 17.3 Å². The topological polar surface area (TPSA) is 77.5 Å². The lowest BCUT2D eigenvalue weighted by Gasteiger charge is -2.22. The number of aromatic nitrogens is 1. The van der Waals surface area contributed by atoms with Crippen LogP contribution in [0.3, 0.4) is 0 Å². The summed E-state index contributed by atoms with van der Waals surface area (Å²) < 4.78 is 11.0. The van der Waals surface area contributed by atoms with Crippen molar-refractivity contribution in [2.24, 2.45) is 0 Å². The van der Waals surface area contributed by atoms with Gasteiger partial charge in [-0.3, -0.25) is 14.6 Å². The molecule has 30 heavy (non-hydrogen) atoms. The minimum atomic E-state index is -0.899. The van der Waals surface area contributed by atoms with Crippen molar-refractivity contribution in [1.29, 1.82) is 0 Å². The highest BCUT2D eigenvalue weighted by Gasteiger charge is 2.32. The molecule has 1 amide bonds. The molecule has 6 nitrogen and oxygen atoms in total. The molecule has 3 rings (SSSR count). The van der Waals surface area contributed by atoms with Gasteiger partial charge in [-0.05, 0) is 74.4 Å². The van der Waals surface area contributed by atoms with Crippen LogP contribution in [-0.2, 0) is 19.7 Å². The van der Waals surface area contributed by atoms with Gasteiger partial charge in [0.2, 0.25) is 0 Å². The second-order valence-corrected chi connectivity index (χ2v) is 7.43. The highest BCUT2D eigenvalue weighted by atomic mass is 16.5. The normalized spacial score (nSPS) is 10.9. The van der Waals surface area contributed by atoms with E-state index in [1.54, 1.807) is 62.6 Å². The Labute approximate surface area is 175 Å². The van der Waals surface area contributed by atoms with Gasteiger partial charge in [-0.1, -0.05) is 18.2 Å². The van der Waals surface area contributed by atoms with Gasteiger partial charge < -0.3 is 14.8 Å². The Balaban J connectivity index is 1.52. The Morgan fingerprint density at radius 1 is 1.00 bits per heavy atom. The van der Waals surface area contributed by atoms with E-state index in [0.29, 0.717) is 11.4 Å². The number of ether oxygens (including phenoxy) is 2. The van der Waals surface area contributed by atoms with Gasteiger partial charge in [0.25, 0.3) is 5.91 Å². The molecule has 1 aromatic heterocycles. The van der Waals surface area contributed by atoms with Crippen molar-refractivity contribution in [3.05, 3.63) is 84.2 Å². The molecule has 0 aliphatic rings. The van der Waals surface area contributed by atoms with Crippen LogP contribution in [0.15, 0.2) is 73.1 Å². The van der Waals surface area contributed by atoms with Crippen molar-refractivity contribution >= 4 is 17.6 Å². The average molecular weight is 404 g/mol. The molecule has 0 saturated carbocycles. The Bertz CT molecular complexity index is 1010. The number of anilines is 1. The van der Waals surface area contributed by atoms with Gasteiger partial charge >= 0.3 is 5.97 Å². The molecule has 0 unspecified atom stereocenters. The first-order valence-corrected chi connectivity index (χ1v) is 9.57. The van der Waals surface area contributed by atoms with E-state index >= 15 is 0 Å². The van der Waals surface area contributed by atoms with Crippen LogP contribution in [-0.4, -0.2) is 23.5 Å².